The molecule has 0 atom stereocenters. The summed E-state index contributed by atoms with van der Waals surface area (Å²) in [4.78, 5) is 21.0. The average Bonchev–Trinajstić information content (AvgIpc) is 3.06. The third kappa shape index (κ3) is 3.42. The molecule has 3 heterocycles. The molecule has 3 aromatic heterocycles. The van der Waals surface area contributed by atoms with E-state index >= 15 is 0 Å². The SMILES string of the molecule is COc1c2ccc(C(=O)NCc3ccnc(-c4ccncc4)c3)cc2nn1C. The van der Waals surface area contributed by atoms with Crippen molar-refractivity contribution < 1.29 is 9.53 Å². The van der Waals surface area contributed by atoms with Crippen molar-refractivity contribution in [3.8, 4) is 17.1 Å². The van der Waals surface area contributed by atoms with Gasteiger partial charge in [-0.3, -0.25) is 14.8 Å². The van der Waals surface area contributed by atoms with E-state index in [1.807, 2.05) is 37.4 Å². The largest absolute Gasteiger partial charge is 0.481 e. The number of methoxy groups -OCH3 is 1. The van der Waals surface area contributed by atoms with E-state index in [-0.39, 0.29) is 5.91 Å². The first-order valence-electron chi connectivity index (χ1n) is 8.80. The van der Waals surface area contributed by atoms with Crippen LogP contribution in [0.15, 0.2) is 61.1 Å². The molecule has 0 aliphatic carbocycles. The van der Waals surface area contributed by atoms with Crippen LogP contribution in [0.3, 0.4) is 0 Å². The number of rotatable bonds is 5. The van der Waals surface area contributed by atoms with Gasteiger partial charge in [-0.15, -0.1) is 0 Å². The molecule has 0 aliphatic rings. The molecule has 0 radical (unpaired) electrons. The summed E-state index contributed by atoms with van der Waals surface area (Å²) in [6.07, 6.45) is 5.20. The summed E-state index contributed by atoms with van der Waals surface area (Å²) >= 11 is 0. The molecule has 4 rings (SSSR count). The summed E-state index contributed by atoms with van der Waals surface area (Å²) in [5.41, 5.74) is 4.07. The highest BCUT2D eigenvalue weighted by Gasteiger charge is 2.13. The van der Waals surface area contributed by atoms with Gasteiger partial charge in [0.1, 0.15) is 0 Å². The fourth-order valence-corrected chi connectivity index (χ4v) is 3.11. The molecule has 0 aliphatic heterocycles. The van der Waals surface area contributed by atoms with Crippen molar-refractivity contribution in [3.05, 3.63) is 72.2 Å². The van der Waals surface area contributed by atoms with Crippen LogP contribution in [-0.2, 0) is 13.6 Å². The summed E-state index contributed by atoms with van der Waals surface area (Å²) in [5.74, 6) is 0.510. The highest BCUT2D eigenvalue weighted by atomic mass is 16.5. The van der Waals surface area contributed by atoms with Crippen molar-refractivity contribution in [2.24, 2.45) is 7.05 Å². The lowest BCUT2D eigenvalue weighted by atomic mass is 10.1. The van der Waals surface area contributed by atoms with E-state index in [1.54, 1.807) is 42.5 Å². The number of aryl methyl sites for hydroxylation is 1. The molecule has 0 spiro atoms. The molecule has 0 unspecified atom stereocenters. The number of nitrogens with zero attached hydrogens (tertiary/aromatic N) is 4. The Morgan fingerprint density at radius 3 is 2.71 bits per heavy atom. The van der Waals surface area contributed by atoms with Crippen LogP contribution < -0.4 is 10.1 Å². The van der Waals surface area contributed by atoms with Crippen LogP contribution in [0.5, 0.6) is 5.88 Å². The summed E-state index contributed by atoms with van der Waals surface area (Å²) in [6.45, 7) is 0.406. The van der Waals surface area contributed by atoms with Crippen molar-refractivity contribution in [3.63, 3.8) is 0 Å². The number of carbonyl (C=O) groups is 1. The van der Waals surface area contributed by atoms with Crippen LogP contribution in [0.2, 0.25) is 0 Å². The van der Waals surface area contributed by atoms with Gasteiger partial charge in [0.25, 0.3) is 5.91 Å². The smallest absolute Gasteiger partial charge is 0.251 e. The van der Waals surface area contributed by atoms with Gasteiger partial charge in [-0.2, -0.15) is 5.10 Å². The maximum absolute atomic E-state index is 12.6. The Balaban J connectivity index is 1.49. The van der Waals surface area contributed by atoms with Crippen LogP contribution in [-0.4, -0.2) is 32.8 Å². The number of aromatic nitrogens is 4. The quantitative estimate of drug-likeness (QED) is 0.582. The molecule has 0 saturated carbocycles. The van der Waals surface area contributed by atoms with Gasteiger partial charge in [0.2, 0.25) is 5.88 Å². The Morgan fingerprint density at radius 1 is 1.11 bits per heavy atom. The molecule has 1 aromatic carbocycles. The number of ether oxygens (including phenoxy) is 1. The molecule has 4 aromatic rings. The Kier molecular flexibility index (Phi) is 4.72. The predicted molar refractivity (Wildman–Crippen MR) is 106 cm³/mol. The first kappa shape index (κ1) is 17.7. The second-order valence-electron chi connectivity index (χ2n) is 6.33. The minimum Gasteiger partial charge on any atom is -0.481 e. The minimum absolute atomic E-state index is 0.159. The summed E-state index contributed by atoms with van der Waals surface area (Å²) in [6, 6.07) is 13.0. The van der Waals surface area contributed by atoms with Crippen molar-refractivity contribution in [2.75, 3.05) is 7.11 Å². The van der Waals surface area contributed by atoms with Gasteiger partial charge in [-0.05, 0) is 48.0 Å². The zero-order valence-corrected chi connectivity index (χ0v) is 15.6. The molecule has 0 saturated heterocycles. The lowest BCUT2D eigenvalue weighted by Crippen LogP contribution is -2.22. The van der Waals surface area contributed by atoms with Crippen LogP contribution in [0.4, 0.5) is 0 Å². The van der Waals surface area contributed by atoms with Gasteiger partial charge in [-0.25, -0.2) is 4.68 Å². The molecule has 140 valence electrons. The second kappa shape index (κ2) is 7.48. The molecule has 7 heteroatoms. The Labute approximate surface area is 162 Å². The Bertz CT molecular complexity index is 1140. The van der Waals surface area contributed by atoms with E-state index in [9.17, 15) is 4.79 Å². The minimum atomic E-state index is -0.159. The van der Waals surface area contributed by atoms with Crippen molar-refractivity contribution in [2.45, 2.75) is 6.54 Å². The van der Waals surface area contributed by atoms with Gasteiger partial charge in [-0.1, -0.05) is 0 Å². The molecule has 28 heavy (non-hydrogen) atoms. The van der Waals surface area contributed by atoms with E-state index in [4.69, 9.17) is 4.74 Å². The number of pyridine rings is 2. The molecule has 1 amide bonds. The van der Waals surface area contributed by atoms with E-state index in [1.165, 1.54) is 0 Å². The third-order valence-electron chi connectivity index (χ3n) is 4.49. The maximum Gasteiger partial charge on any atom is 0.251 e. The zero-order chi connectivity index (χ0) is 19.5. The Hall–Kier alpha value is -3.74. The van der Waals surface area contributed by atoms with Crippen molar-refractivity contribution in [1.29, 1.82) is 0 Å². The number of nitrogens with one attached hydrogen (secondary N) is 1. The highest BCUT2D eigenvalue weighted by Crippen LogP contribution is 2.25. The standard InChI is InChI=1S/C21H19N5O2/c1-26-21(28-2)17-4-3-16(12-19(17)25-26)20(27)24-13-14-5-10-23-18(11-14)15-6-8-22-9-7-15/h3-12H,13H2,1-2H3,(H,24,27). The van der Waals surface area contributed by atoms with Crippen LogP contribution in [0, 0.1) is 0 Å². The van der Waals surface area contributed by atoms with Crippen molar-refractivity contribution in [1.82, 2.24) is 25.1 Å². The van der Waals surface area contributed by atoms with Gasteiger partial charge < -0.3 is 10.1 Å². The third-order valence-corrected chi connectivity index (χ3v) is 4.49. The molecular weight excluding hydrogens is 354 g/mol. The summed E-state index contributed by atoms with van der Waals surface area (Å²) in [7, 11) is 3.41. The maximum atomic E-state index is 12.6. The second-order valence-corrected chi connectivity index (χ2v) is 6.33. The number of amides is 1. The van der Waals surface area contributed by atoms with Gasteiger partial charge in [0, 0.05) is 43.3 Å². The first-order valence-corrected chi connectivity index (χ1v) is 8.80. The molecular formula is C21H19N5O2. The van der Waals surface area contributed by atoms with Gasteiger partial charge in [0.15, 0.2) is 0 Å². The zero-order valence-electron chi connectivity index (χ0n) is 15.6. The molecule has 7 nitrogen and oxygen atoms in total. The summed E-state index contributed by atoms with van der Waals surface area (Å²) in [5, 5.41) is 8.21. The molecule has 0 fully saturated rings. The van der Waals surface area contributed by atoms with Gasteiger partial charge in [0.05, 0.1) is 23.7 Å². The lowest BCUT2D eigenvalue weighted by molar-refractivity contribution is 0.0951. The van der Waals surface area contributed by atoms with Crippen molar-refractivity contribution >= 4 is 16.8 Å². The van der Waals surface area contributed by atoms with Crippen LogP contribution in [0.25, 0.3) is 22.2 Å². The van der Waals surface area contributed by atoms with E-state index in [0.717, 1.165) is 27.7 Å². The number of fused-ring (bicyclic) bond motifs is 1. The van der Waals surface area contributed by atoms with E-state index < -0.39 is 0 Å². The van der Waals surface area contributed by atoms with E-state index in [0.29, 0.717) is 18.0 Å². The number of benzene rings is 1. The Morgan fingerprint density at radius 2 is 1.93 bits per heavy atom. The first-order chi connectivity index (χ1) is 13.7. The van der Waals surface area contributed by atoms with Crippen LogP contribution in [0.1, 0.15) is 15.9 Å². The normalized spacial score (nSPS) is 10.8. The monoisotopic (exact) mass is 373 g/mol. The molecule has 1 N–H and O–H groups in total. The number of hydrogen-bond acceptors (Lipinski definition) is 5. The summed E-state index contributed by atoms with van der Waals surface area (Å²) < 4.78 is 7.00. The topological polar surface area (TPSA) is 81.9 Å². The van der Waals surface area contributed by atoms with Crippen LogP contribution >= 0.6 is 0 Å². The number of carbonyl (C=O) groups excluding carboxylic acids is 1. The van der Waals surface area contributed by atoms with E-state index in [2.05, 4.69) is 20.4 Å². The fraction of sp³-hybridized carbons (Fsp3) is 0.143. The lowest BCUT2D eigenvalue weighted by Gasteiger charge is -2.07. The highest BCUT2D eigenvalue weighted by molar-refractivity contribution is 5.98. The number of hydrogen-bond donors (Lipinski definition) is 1. The molecule has 0 bridgehead atoms. The van der Waals surface area contributed by atoms with Gasteiger partial charge >= 0.3 is 0 Å². The average molecular weight is 373 g/mol. The predicted octanol–water partition coefficient (Wildman–Crippen LogP) is 2.97. The fourth-order valence-electron chi connectivity index (χ4n) is 3.11.